The van der Waals surface area contributed by atoms with Crippen LogP contribution in [0, 0.1) is 0 Å². The van der Waals surface area contributed by atoms with E-state index in [1.165, 1.54) is 25.4 Å². The molecular weight excluding hydrogens is 278 g/mol. The average molecular weight is 290 g/mol. The number of nitrogens with zero attached hydrogens (tertiary/aromatic N) is 1. The molecule has 0 amide bonds. The minimum absolute atomic E-state index is 0.373. The molecule has 0 bridgehead atoms. The maximum absolute atomic E-state index is 11.5. The average Bonchev–Trinajstić information content (AvgIpc) is 2.48. The lowest BCUT2D eigenvalue weighted by Crippen LogP contribution is -2.09. The zero-order chi connectivity index (χ0) is 14.5. The number of ether oxygens (including phenoxy) is 1. The molecule has 0 radical (unpaired) electrons. The molecule has 0 N–H and O–H groups in total. The number of esters is 1. The van der Waals surface area contributed by atoms with Crippen LogP contribution in [0.15, 0.2) is 48.8 Å². The maximum atomic E-state index is 11.5. The van der Waals surface area contributed by atoms with Crippen molar-refractivity contribution in [2.75, 3.05) is 7.11 Å². The smallest absolute Gasteiger partial charge is 0.337 e. The molecule has 6 heteroatoms. The summed E-state index contributed by atoms with van der Waals surface area (Å²) in [6.07, 6.45) is 3.09. The molecule has 0 aliphatic carbocycles. The molecule has 0 aliphatic heterocycles. The van der Waals surface area contributed by atoms with Gasteiger partial charge in [0.1, 0.15) is 0 Å². The van der Waals surface area contributed by atoms with Crippen LogP contribution in [-0.4, -0.2) is 26.8 Å². The molecule has 5 nitrogen and oxygen atoms in total. The Morgan fingerprint density at radius 2 is 1.95 bits per heavy atom. The summed E-state index contributed by atoms with van der Waals surface area (Å²) in [6, 6.07) is 9.65. The highest BCUT2D eigenvalue weighted by Gasteiger charge is 2.16. The molecule has 2 rings (SSSR count). The number of hydrogen-bond donors (Lipinski definition) is 0. The number of carbonyl (C=O) groups is 1. The number of rotatable bonds is 4. The van der Waals surface area contributed by atoms with Crippen molar-refractivity contribution < 1.29 is 18.3 Å². The fourth-order valence-corrected chi connectivity index (χ4v) is 2.60. The van der Waals surface area contributed by atoms with E-state index < -0.39 is 22.3 Å². The first-order chi connectivity index (χ1) is 9.63. The van der Waals surface area contributed by atoms with Gasteiger partial charge in [-0.05, 0) is 40.4 Å². The summed E-state index contributed by atoms with van der Waals surface area (Å²) in [7, 11) is 1.29. The molecule has 0 spiro atoms. The fourth-order valence-electron chi connectivity index (χ4n) is 1.86. The zero-order valence-electron chi connectivity index (χ0n) is 10.7. The van der Waals surface area contributed by atoms with Crippen LogP contribution in [0.25, 0.3) is 0 Å². The third-order valence-corrected chi connectivity index (χ3v) is 3.74. The first kappa shape index (κ1) is 14.4. The van der Waals surface area contributed by atoms with Crippen molar-refractivity contribution in [3.63, 3.8) is 0 Å². The lowest BCUT2D eigenvalue weighted by atomic mass is 10.0. The topological polar surface area (TPSA) is 79.3 Å². The van der Waals surface area contributed by atoms with Gasteiger partial charge in [0.05, 0.1) is 17.9 Å². The summed E-state index contributed by atoms with van der Waals surface area (Å²) in [6.45, 7) is 0. The van der Waals surface area contributed by atoms with Crippen LogP contribution < -0.4 is 0 Å². The Morgan fingerprint density at radius 1 is 1.25 bits per heavy atom. The van der Waals surface area contributed by atoms with Gasteiger partial charge in [0, 0.05) is 12.4 Å². The van der Waals surface area contributed by atoms with Crippen LogP contribution in [0.5, 0.6) is 0 Å². The summed E-state index contributed by atoms with van der Waals surface area (Å²) < 4.78 is 27.5. The predicted molar refractivity (Wildman–Crippen MR) is 72.8 cm³/mol. The molecule has 1 aromatic carbocycles. The van der Waals surface area contributed by atoms with Crippen molar-refractivity contribution in [3.05, 3.63) is 65.5 Å². The molecule has 20 heavy (non-hydrogen) atoms. The molecule has 2 atom stereocenters. The van der Waals surface area contributed by atoms with E-state index in [1.54, 1.807) is 30.5 Å². The number of pyridine rings is 1. The highest BCUT2D eigenvalue weighted by Crippen LogP contribution is 2.26. The lowest BCUT2D eigenvalue weighted by molar-refractivity contribution is 0.0600. The van der Waals surface area contributed by atoms with Gasteiger partial charge in [0.15, 0.2) is 0 Å². The van der Waals surface area contributed by atoms with Gasteiger partial charge < -0.3 is 9.29 Å². The van der Waals surface area contributed by atoms with Gasteiger partial charge in [0.25, 0.3) is 0 Å². The van der Waals surface area contributed by atoms with Crippen LogP contribution in [0.1, 0.15) is 26.7 Å². The summed E-state index contributed by atoms with van der Waals surface area (Å²) in [5.74, 6) is -0.460. The van der Waals surface area contributed by atoms with E-state index in [4.69, 9.17) is 0 Å². The molecule has 2 aromatic rings. The Labute approximate surface area is 118 Å². The second kappa shape index (κ2) is 6.40. The normalized spacial score (nSPS) is 13.5. The molecule has 0 saturated heterocycles. The van der Waals surface area contributed by atoms with Crippen molar-refractivity contribution >= 4 is 17.0 Å². The van der Waals surface area contributed by atoms with Gasteiger partial charge >= 0.3 is 5.97 Å². The number of hydrogen-bond acceptors (Lipinski definition) is 5. The Bertz CT molecular complexity index is 613. The molecule has 0 fully saturated rings. The third kappa shape index (κ3) is 3.09. The van der Waals surface area contributed by atoms with Crippen molar-refractivity contribution in [3.8, 4) is 0 Å². The van der Waals surface area contributed by atoms with Crippen molar-refractivity contribution in [1.29, 1.82) is 0 Å². The van der Waals surface area contributed by atoms with E-state index in [9.17, 15) is 13.6 Å². The van der Waals surface area contributed by atoms with E-state index in [-0.39, 0.29) is 0 Å². The third-order valence-electron chi connectivity index (χ3n) is 2.81. The van der Waals surface area contributed by atoms with Crippen molar-refractivity contribution in [1.82, 2.24) is 4.98 Å². The molecule has 1 heterocycles. The Kier molecular flexibility index (Phi) is 4.60. The number of benzene rings is 1. The monoisotopic (exact) mass is 290 g/mol. The molecule has 104 valence electrons. The second-order valence-corrected chi connectivity index (χ2v) is 5.03. The molecule has 1 aromatic heterocycles. The lowest BCUT2D eigenvalue weighted by Gasteiger charge is -2.20. The molecule has 0 aliphatic rings. The summed E-state index contributed by atoms with van der Waals surface area (Å²) in [5, 5.41) is -0.810. The second-order valence-electron chi connectivity index (χ2n) is 4.04. The highest BCUT2D eigenvalue weighted by atomic mass is 32.2. The van der Waals surface area contributed by atoms with Gasteiger partial charge in [0.2, 0.25) is 0 Å². The van der Waals surface area contributed by atoms with E-state index in [0.717, 1.165) is 0 Å². The van der Waals surface area contributed by atoms with Gasteiger partial charge in [-0.3, -0.25) is 9.19 Å². The number of aromatic nitrogens is 1. The minimum atomic E-state index is -2.33. The van der Waals surface area contributed by atoms with Crippen molar-refractivity contribution in [2.24, 2.45) is 0 Å². The SMILES string of the molecule is COC(=O)c1ccc(C(c2cccnc2)S(=O)[O-])cc1. The highest BCUT2D eigenvalue weighted by molar-refractivity contribution is 7.79. The molecule has 2 unspecified atom stereocenters. The van der Waals surface area contributed by atoms with Gasteiger partial charge in [-0.25, -0.2) is 4.79 Å². The standard InChI is InChI=1S/C14H13NO4S/c1-19-14(16)11-6-4-10(5-7-11)13(20(17)18)12-3-2-8-15-9-12/h2-9,13H,1H3,(H,17,18)/p-1. The number of carbonyl (C=O) groups excluding carboxylic acids is 1. The molecule has 0 saturated carbocycles. The summed E-state index contributed by atoms with van der Waals surface area (Å²) in [4.78, 5) is 15.3. The van der Waals surface area contributed by atoms with E-state index in [1.807, 2.05) is 0 Å². The van der Waals surface area contributed by atoms with Crippen LogP contribution in [0.3, 0.4) is 0 Å². The van der Waals surface area contributed by atoms with Crippen molar-refractivity contribution in [2.45, 2.75) is 5.25 Å². The minimum Gasteiger partial charge on any atom is -0.772 e. The first-order valence-corrected chi connectivity index (χ1v) is 6.93. The van der Waals surface area contributed by atoms with Crippen LogP contribution in [0.4, 0.5) is 0 Å². The summed E-state index contributed by atoms with van der Waals surface area (Å²) >= 11 is -2.33. The van der Waals surface area contributed by atoms with Gasteiger partial charge in [-0.15, -0.1) is 0 Å². The predicted octanol–water partition coefficient (Wildman–Crippen LogP) is 1.84. The Hall–Kier alpha value is -2.05. The maximum Gasteiger partial charge on any atom is 0.337 e. The van der Waals surface area contributed by atoms with Crippen LogP contribution >= 0.6 is 0 Å². The van der Waals surface area contributed by atoms with E-state index in [2.05, 4.69) is 9.72 Å². The van der Waals surface area contributed by atoms with Crippen LogP contribution in [-0.2, 0) is 15.8 Å². The fraction of sp³-hybridized carbons (Fsp3) is 0.143. The number of methoxy groups -OCH3 is 1. The zero-order valence-corrected chi connectivity index (χ0v) is 11.5. The quantitative estimate of drug-likeness (QED) is 0.634. The van der Waals surface area contributed by atoms with E-state index >= 15 is 0 Å². The Balaban J connectivity index is 2.36. The first-order valence-electron chi connectivity index (χ1n) is 5.79. The van der Waals surface area contributed by atoms with Crippen LogP contribution in [0.2, 0.25) is 0 Å². The largest absolute Gasteiger partial charge is 0.772 e. The van der Waals surface area contributed by atoms with Gasteiger partial charge in [-0.1, -0.05) is 18.2 Å². The molecular formula is C14H12NO4S-. The van der Waals surface area contributed by atoms with E-state index in [0.29, 0.717) is 16.7 Å². The Morgan fingerprint density at radius 3 is 2.45 bits per heavy atom. The van der Waals surface area contributed by atoms with Gasteiger partial charge in [-0.2, -0.15) is 0 Å². The summed E-state index contributed by atoms with van der Waals surface area (Å²) in [5.41, 5.74) is 1.52.